The van der Waals surface area contributed by atoms with E-state index in [0.29, 0.717) is 19.4 Å². The van der Waals surface area contributed by atoms with Crippen LogP contribution in [0.1, 0.15) is 65.9 Å². The Kier molecular flexibility index (Phi) is 13.3. The number of amides is 2. The Hall–Kier alpha value is -2.49. The standard InChI is InChI=1S/C34H51N2O8P/c1-8-13-21(3)31(37)35-25-18-26(36-33(38)40-19-24-14-11-10-12-15-24)27(17-22(25)4)42-32-23(5)29(39-16-9-2)30-28(43-32)20-41-34(44-30)45(6)7/h9-12,14-16,21-23,25-30,32,34H,6,8,13,17-20H2,1-5,7H3,(H-,35,36,37,38)/p+1. The summed E-state index contributed by atoms with van der Waals surface area (Å²) in [5.74, 6) is -0.131. The first-order valence-corrected chi connectivity index (χ1v) is 18.3. The number of carbonyl (C=O) groups excluding carboxylic acids is 2. The van der Waals surface area contributed by atoms with E-state index in [1.807, 2.05) is 63.8 Å². The molecule has 4 rings (SSSR count). The minimum Gasteiger partial charge on any atom is -0.495 e. The Morgan fingerprint density at radius 2 is 1.89 bits per heavy atom. The van der Waals surface area contributed by atoms with E-state index in [0.717, 1.165) is 18.4 Å². The third kappa shape index (κ3) is 9.52. The van der Waals surface area contributed by atoms with Gasteiger partial charge < -0.3 is 39.1 Å². The van der Waals surface area contributed by atoms with Crippen molar-refractivity contribution in [2.75, 3.05) is 13.3 Å². The van der Waals surface area contributed by atoms with Gasteiger partial charge in [-0.2, -0.15) is 0 Å². The molecule has 2 aliphatic heterocycles. The molecular weight excluding hydrogens is 595 g/mol. The molecule has 3 aliphatic rings. The van der Waals surface area contributed by atoms with Gasteiger partial charge in [-0.25, -0.2) is 4.79 Å². The zero-order valence-electron chi connectivity index (χ0n) is 27.6. The summed E-state index contributed by atoms with van der Waals surface area (Å²) in [5.41, 5.74) is 0.896. The Bertz CT molecular complexity index is 1150. The second-order valence-electron chi connectivity index (χ2n) is 12.7. The number of ether oxygens (including phenoxy) is 6. The molecule has 45 heavy (non-hydrogen) atoms. The minimum absolute atomic E-state index is 0.0337. The molecule has 2 saturated heterocycles. The highest BCUT2D eigenvalue weighted by molar-refractivity contribution is 7.55. The molecule has 1 aromatic rings. The third-order valence-electron chi connectivity index (χ3n) is 8.92. The lowest BCUT2D eigenvalue weighted by atomic mass is 9.80. The Morgan fingerprint density at radius 3 is 2.58 bits per heavy atom. The molecule has 12 unspecified atom stereocenters. The van der Waals surface area contributed by atoms with Gasteiger partial charge in [0, 0.05) is 17.9 Å². The van der Waals surface area contributed by atoms with Gasteiger partial charge in [0.05, 0.1) is 31.3 Å². The smallest absolute Gasteiger partial charge is 0.407 e. The van der Waals surface area contributed by atoms with Gasteiger partial charge >= 0.3 is 12.1 Å². The average molecular weight is 648 g/mol. The molecule has 12 atom stereocenters. The first-order valence-electron chi connectivity index (χ1n) is 16.3. The van der Waals surface area contributed by atoms with Gasteiger partial charge in [0.2, 0.25) is 5.91 Å². The van der Waals surface area contributed by atoms with Gasteiger partial charge in [0.1, 0.15) is 39.1 Å². The van der Waals surface area contributed by atoms with Gasteiger partial charge in [0.15, 0.2) is 6.29 Å². The van der Waals surface area contributed by atoms with Gasteiger partial charge in [-0.15, -0.1) is 0 Å². The number of fused-ring (bicyclic) bond motifs is 1. The number of carbonyl (C=O) groups is 2. The van der Waals surface area contributed by atoms with E-state index in [2.05, 4.69) is 30.8 Å². The van der Waals surface area contributed by atoms with E-state index >= 15 is 0 Å². The lowest BCUT2D eigenvalue weighted by Crippen LogP contribution is -2.62. The molecule has 1 aromatic carbocycles. The predicted molar refractivity (Wildman–Crippen MR) is 175 cm³/mol. The third-order valence-corrected chi connectivity index (χ3v) is 9.91. The summed E-state index contributed by atoms with van der Waals surface area (Å²) in [4.78, 5) is 26.0. The van der Waals surface area contributed by atoms with Crippen LogP contribution in [0.5, 0.6) is 0 Å². The van der Waals surface area contributed by atoms with Gasteiger partial charge in [0.25, 0.3) is 0 Å². The fourth-order valence-corrected chi connectivity index (χ4v) is 6.97. The highest BCUT2D eigenvalue weighted by Gasteiger charge is 2.52. The van der Waals surface area contributed by atoms with E-state index < -0.39 is 32.1 Å². The van der Waals surface area contributed by atoms with Crippen molar-refractivity contribution in [1.82, 2.24) is 10.6 Å². The number of allylic oxidation sites excluding steroid dienone is 1. The van der Waals surface area contributed by atoms with Crippen LogP contribution in [0, 0.1) is 17.8 Å². The van der Waals surface area contributed by atoms with Crippen molar-refractivity contribution in [2.24, 2.45) is 17.8 Å². The normalized spacial score (nSPS) is 34.3. The molecular formula is C34H52N2O8P+. The fraction of sp³-hybridized carbons (Fsp3) is 0.676. The van der Waals surface area contributed by atoms with Crippen molar-refractivity contribution in [3.63, 3.8) is 0 Å². The zero-order valence-corrected chi connectivity index (χ0v) is 28.4. The largest absolute Gasteiger partial charge is 0.495 e. The van der Waals surface area contributed by atoms with Crippen LogP contribution in [-0.4, -0.2) is 80.4 Å². The fourth-order valence-electron chi connectivity index (χ4n) is 6.28. The van der Waals surface area contributed by atoms with E-state index in [1.165, 1.54) is 0 Å². The number of hydrogen-bond acceptors (Lipinski definition) is 8. The second-order valence-corrected chi connectivity index (χ2v) is 14.6. The van der Waals surface area contributed by atoms with Crippen LogP contribution in [0.3, 0.4) is 0 Å². The maximum absolute atomic E-state index is 13.1. The van der Waals surface area contributed by atoms with Crippen LogP contribution in [0.2, 0.25) is 0 Å². The summed E-state index contributed by atoms with van der Waals surface area (Å²) in [5, 5.41) is 6.30. The lowest BCUT2D eigenvalue weighted by Gasteiger charge is -2.49. The van der Waals surface area contributed by atoms with Crippen LogP contribution in [0.4, 0.5) is 4.79 Å². The Labute approximate surface area is 269 Å². The van der Waals surface area contributed by atoms with E-state index in [4.69, 9.17) is 28.4 Å². The van der Waals surface area contributed by atoms with Crippen LogP contribution in [-0.2, 0) is 39.8 Å². The van der Waals surface area contributed by atoms with Gasteiger partial charge in [-0.1, -0.05) is 70.5 Å². The molecule has 0 radical (unpaired) electrons. The van der Waals surface area contributed by atoms with E-state index in [9.17, 15) is 9.59 Å². The summed E-state index contributed by atoms with van der Waals surface area (Å²) in [6.07, 6.45) is 7.91. The van der Waals surface area contributed by atoms with Crippen LogP contribution < -0.4 is 10.6 Å². The number of hydrogen-bond donors (Lipinski definition) is 2. The number of nitrogens with one attached hydrogen (secondary N) is 2. The summed E-state index contributed by atoms with van der Waals surface area (Å²) in [6.45, 7) is 12.6. The molecule has 0 aromatic heterocycles. The second kappa shape index (κ2) is 16.9. The van der Waals surface area contributed by atoms with Gasteiger partial charge in [-0.3, -0.25) is 4.79 Å². The molecule has 2 heterocycles. The summed E-state index contributed by atoms with van der Waals surface area (Å²) in [7, 11) is -0.714. The topological polar surface area (TPSA) is 114 Å². The summed E-state index contributed by atoms with van der Waals surface area (Å²) < 4.78 is 37.2. The van der Waals surface area contributed by atoms with Crippen LogP contribution >= 0.6 is 7.55 Å². The number of alkyl carbamates (subject to hydrolysis) is 1. The number of rotatable bonds is 12. The van der Waals surface area contributed by atoms with Crippen molar-refractivity contribution >= 4 is 25.8 Å². The van der Waals surface area contributed by atoms with E-state index in [1.54, 1.807) is 6.26 Å². The molecule has 1 saturated carbocycles. The maximum Gasteiger partial charge on any atom is 0.407 e. The molecule has 0 spiro atoms. The van der Waals surface area contributed by atoms with E-state index in [-0.39, 0.29) is 60.7 Å². The molecule has 1 aliphatic carbocycles. The van der Waals surface area contributed by atoms with Crippen molar-refractivity contribution < 1.29 is 38.0 Å². The highest BCUT2D eigenvalue weighted by Crippen LogP contribution is 2.40. The Morgan fingerprint density at radius 1 is 1.13 bits per heavy atom. The molecule has 0 bridgehead atoms. The molecule has 3 fully saturated rings. The zero-order chi connectivity index (χ0) is 32.5. The number of benzene rings is 1. The van der Waals surface area contributed by atoms with Crippen molar-refractivity contribution in [3.05, 3.63) is 48.2 Å². The quantitative estimate of drug-likeness (QED) is 0.225. The van der Waals surface area contributed by atoms with Crippen molar-refractivity contribution in [1.29, 1.82) is 0 Å². The maximum atomic E-state index is 13.1. The Balaban J connectivity index is 1.49. The molecule has 11 heteroatoms. The first kappa shape index (κ1) is 35.4. The van der Waals surface area contributed by atoms with Crippen molar-refractivity contribution in [3.8, 4) is 0 Å². The minimum atomic E-state index is -0.714. The average Bonchev–Trinajstić information content (AvgIpc) is 3.02. The predicted octanol–water partition coefficient (Wildman–Crippen LogP) is 5.54. The van der Waals surface area contributed by atoms with Crippen LogP contribution in [0.15, 0.2) is 42.7 Å². The molecule has 10 nitrogen and oxygen atoms in total. The van der Waals surface area contributed by atoms with Gasteiger partial charge in [-0.05, 0) is 37.7 Å². The first-order chi connectivity index (χ1) is 21.6. The SMILES string of the molecule is C=[P+](C)C1OCC2OC(OC3CC(C)C(NC(=O)C(C)CCC)CC3NC(=O)OCc3ccccc3)C(C)C(OC=CC)C2O1. The molecule has 250 valence electrons. The highest BCUT2D eigenvalue weighted by atomic mass is 31.1. The summed E-state index contributed by atoms with van der Waals surface area (Å²) in [6, 6.07) is 8.62. The monoisotopic (exact) mass is 647 g/mol. The molecule has 2 amide bonds. The van der Waals surface area contributed by atoms with Crippen molar-refractivity contribution in [2.45, 2.75) is 116 Å². The molecule has 2 N–H and O–H groups in total. The van der Waals surface area contributed by atoms with Crippen LogP contribution in [0.25, 0.3) is 0 Å². The summed E-state index contributed by atoms with van der Waals surface area (Å²) >= 11 is 0. The lowest BCUT2D eigenvalue weighted by molar-refractivity contribution is -0.343.